The Labute approximate surface area is 72.2 Å². The molecule has 0 saturated carbocycles. The lowest BCUT2D eigenvalue weighted by Crippen LogP contribution is -2.12. The molecule has 2 nitrogen and oxygen atoms in total. The minimum Gasteiger partial charge on any atom is -0.348 e. The predicted molar refractivity (Wildman–Crippen MR) is 47.8 cm³/mol. The smallest absolute Gasteiger partial charge is 0.115 e. The second kappa shape index (κ2) is 4.26. The highest BCUT2D eigenvalue weighted by atomic mass is 19.1. The third-order valence-electron chi connectivity index (χ3n) is 1.77. The van der Waals surface area contributed by atoms with E-state index in [-0.39, 0.29) is 0 Å². The van der Waals surface area contributed by atoms with Gasteiger partial charge in [0.2, 0.25) is 0 Å². The lowest BCUT2D eigenvalue weighted by atomic mass is 10.3. The molecule has 0 aromatic carbocycles. The number of alkyl halides is 1. The second-order valence-electron chi connectivity index (χ2n) is 2.97. The Morgan fingerprint density at radius 1 is 1.67 bits per heavy atom. The van der Waals surface area contributed by atoms with Gasteiger partial charge in [-0.1, -0.05) is 0 Å². The quantitative estimate of drug-likeness (QED) is 0.726. The highest BCUT2D eigenvalue weighted by molar-refractivity contribution is 5.07. The Kier molecular flexibility index (Phi) is 3.29. The van der Waals surface area contributed by atoms with E-state index in [2.05, 4.69) is 0 Å². The van der Waals surface area contributed by atoms with Crippen molar-refractivity contribution >= 4 is 0 Å². The molecule has 1 unspecified atom stereocenters. The summed E-state index contributed by atoms with van der Waals surface area (Å²) in [4.78, 5) is 0. The van der Waals surface area contributed by atoms with Crippen LogP contribution in [0.2, 0.25) is 0 Å². The van der Waals surface area contributed by atoms with Crippen LogP contribution in [0.5, 0.6) is 0 Å². The third kappa shape index (κ3) is 2.34. The van der Waals surface area contributed by atoms with Crippen LogP contribution in [0, 0.1) is 0 Å². The fraction of sp³-hybridized carbons (Fsp3) is 0.556. The van der Waals surface area contributed by atoms with Gasteiger partial charge in [0.25, 0.3) is 0 Å². The number of nitrogens with two attached hydrogens (primary N) is 1. The Hall–Kier alpha value is -0.830. The van der Waals surface area contributed by atoms with E-state index >= 15 is 0 Å². The van der Waals surface area contributed by atoms with Crippen LogP contribution in [0.4, 0.5) is 4.39 Å². The van der Waals surface area contributed by atoms with E-state index in [1.807, 2.05) is 22.9 Å². The number of aromatic nitrogens is 1. The molecule has 1 aromatic rings. The van der Waals surface area contributed by atoms with Crippen molar-refractivity contribution in [2.24, 2.45) is 5.73 Å². The third-order valence-corrected chi connectivity index (χ3v) is 1.77. The van der Waals surface area contributed by atoms with E-state index in [9.17, 15) is 4.39 Å². The SMILES string of the molecule is CC(F)Cn1cccc1CCN. The topological polar surface area (TPSA) is 30.9 Å². The summed E-state index contributed by atoms with van der Waals surface area (Å²) in [7, 11) is 0. The maximum absolute atomic E-state index is 12.6. The van der Waals surface area contributed by atoms with Crippen LogP contribution < -0.4 is 5.73 Å². The zero-order valence-electron chi connectivity index (χ0n) is 7.33. The van der Waals surface area contributed by atoms with Crippen LogP contribution in [-0.2, 0) is 13.0 Å². The van der Waals surface area contributed by atoms with E-state index < -0.39 is 6.17 Å². The van der Waals surface area contributed by atoms with E-state index in [4.69, 9.17) is 5.73 Å². The van der Waals surface area contributed by atoms with Gasteiger partial charge in [0.15, 0.2) is 0 Å². The number of hydrogen-bond donors (Lipinski definition) is 1. The maximum atomic E-state index is 12.6. The standard InChI is InChI=1S/C9H15FN2/c1-8(10)7-12-6-2-3-9(12)4-5-11/h2-3,6,8H,4-5,7,11H2,1H3. The second-order valence-corrected chi connectivity index (χ2v) is 2.97. The van der Waals surface area contributed by atoms with Gasteiger partial charge in [0.1, 0.15) is 6.17 Å². The van der Waals surface area contributed by atoms with Crippen LogP contribution in [0.25, 0.3) is 0 Å². The largest absolute Gasteiger partial charge is 0.348 e. The van der Waals surface area contributed by atoms with Gasteiger partial charge in [-0.3, -0.25) is 0 Å². The molecule has 3 heteroatoms. The van der Waals surface area contributed by atoms with Crippen molar-refractivity contribution in [2.45, 2.75) is 26.1 Å². The van der Waals surface area contributed by atoms with E-state index in [1.165, 1.54) is 0 Å². The van der Waals surface area contributed by atoms with Gasteiger partial charge in [-0.05, 0) is 32.0 Å². The fourth-order valence-corrected chi connectivity index (χ4v) is 1.27. The van der Waals surface area contributed by atoms with Crippen molar-refractivity contribution in [1.82, 2.24) is 4.57 Å². The zero-order chi connectivity index (χ0) is 8.97. The molecule has 68 valence electrons. The van der Waals surface area contributed by atoms with Crippen molar-refractivity contribution in [1.29, 1.82) is 0 Å². The molecule has 12 heavy (non-hydrogen) atoms. The Morgan fingerprint density at radius 2 is 2.42 bits per heavy atom. The summed E-state index contributed by atoms with van der Waals surface area (Å²) in [5.41, 5.74) is 6.53. The highest BCUT2D eigenvalue weighted by Crippen LogP contribution is 2.05. The average molecular weight is 170 g/mol. The first-order valence-electron chi connectivity index (χ1n) is 4.22. The summed E-state index contributed by atoms with van der Waals surface area (Å²) in [5, 5.41) is 0. The molecule has 2 N–H and O–H groups in total. The first-order chi connectivity index (χ1) is 5.74. The summed E-state index contributed by atoms with van der Waals surface area (Å²) >= 11 is 0. The molecule has 0 fully saturated rings. The number of rotatable bonds is 4. The lowest BCUT2D eigenvalue weighted by molar-refractivity contribution is 0.318. The molecule has 1 heterocycles. The van der Waals surface area contributed by atoms with Gasteiger partial charge in [0, 0.05) is 11.9 Å². The number of nitrogens with zero attached hydrogens (tertiary/aromatic N) is 1. The van der Waals surface area contributed by atoms with Crippen molar-refractivity contribution in [3.8, 4) is 0 Å². The highest BCUT2D eigenvalue weighted by Gasteiger charge is 2.03. The van der Waals surface area contributed by atoms with Crippen molar-refractivity contribution < 1.29 is 4.39 Å². The van der Waals surface area contributed by atoms with E-state index in [1.54, 1.807) is 6.92 Å². The van der Waals surface area contributed by atoms with Crippen LogP contribution in [0.3, 0.4) is 0 Å². The van der Waals surface area contributed by atoms with Crippen LogP contribution in [-0.4, -0.2) is 17.3 Å². The Bertz CT molecular complexity index is 230. The van der Waals surface area contributed by atoms with Crippen LogP contribution in [0.1, 0.15) is 12.6 Å². The summed E-state index contributed by atoms with van der Waals surface area (Å²) in [6, 6.07) is 3.91. The lowest BCUT2D eigenvalue weighted by Gasteiger charge is -2.08. The first-order valence-corrected chi connectivity index (χ1v) is 4.22. The molecule has 0 amide bonds. The molecule has 0 aliphatic carbocycles. The minimum atomic E-state index is -0.797. The van der Waals surface area contributed by atoms with E-state index in [0.717, 1.165) is 12.1 Å². The van der Waals surface area contributed by atoms with Gasteiger partial charge in [-0.2, -0.15) is 0 Å². The Balaban J connectivity index is 2.63. The van der Waals surface area contributed by atoms with Gasteiger partial charge in [-0.15, -0.1) is 0 Å². The minimum absolute atomic E-state index is 0.433. The number of hydrogen-bond acceptors (Lipinski definition) is 1. The molecular weight excluding hydrogens is 155 g/mol. The molecular formula is C9H15FN2. The van der Waals surface area contributed by atoms with E-state index in [0.29, 0.717) is 13.1 Å². The molecule has 1 aromatic heterocycles. The average Bonchev–Trinajstić information content (AvgIpc) is 2.37. The maximum Gasteiger partial charge on any atom is 0.115 e. The molecule has 0 radical (unpaired) electrons. The summed E-state index contributed by atoms with van der Waals surface area (Å²) in [5.74, 6) is 0. The molecule has 0 aliphatic rings. The van der Waals surface area contributed by atoms with Gasteiger partial charge in [-0.25, -0.2) is 4.39 Å². The van der Waals surface area contributed by atoms with Crippen molar-refractivity contribution in [2.75, 3.05) is 6.54 Å². The normalized spacial score (nSPS) is 13.2. The molecule has 1 rings (SSSR count). The monoisotopic (exact) mass is 170 g/mol. The van der Waals surface area contributed by atoms with Crippen molar-refractivity contribution in [3.05, 3.63) is 24.0 Å². The Morgan fingerprint density at radius 3 is 3.00 bits per heavy atom. The molecule has 0 bridgehead atoms. The molecule has 0 saturated heterocycles. The fourth-order valence-electron chi connectivity index (χ4n) is 1.27. The van der Waals surface area contributed by atoms with Gasteiger partial charge >= 0.3 is 0 Å². The summed E-state index contributed by atoms with van der Waals surface area (Å²) < 4.78 is 14.5. The van der Waals surface area contributed by atoms with Gasteiger partial charge < -0.3 is 10.3 Å². The number of halogens is 1. The van der Waals surface area contributed by atoms with Crippen LogP contribution >= 0.6 is 0 Å². The summed E-state index contributed by atoms with van der Waals surface area (Å²) in [6.45, 7) is 2.61. The zero-order valence-corrected chi connectivity index (χ0v) is 7.33. The predicted octanol–water partition coefficient (Wildman–Crippen LogP) is 1.35. The molecule has 0 aliphatic heterocycles. The molecule has 1 atom stereocenters. The summed E-state index contributed by atoms with van der Waals surface area (Å²) in [6.07, 6.45) is 1.91. The van der Waals surface area contributed by atoms with Gasteiger partial charge in [0.05, 0.1) is 6.54 Å². The molecule has 0 spiro atoms. The first kappa shape index (κ1) is 9.26. The van der Waals surface area contributed by atoms with Crippen LogP contribution in [0.15, 0.2) is 18.3 Å². The van der Waals surface area contributed by atoms with Crippen molar-refractivity contribution in [3.63, 3.8) is 0 Å².